The van der Waals surface area contributed by atoms with E-state index in [-0.39, 0.29) is 23.4 Å². The molecule has 0 saturated carbocycles. The van der Waals surface area contributed by atoms with Crippen LogP contribution < -0.4 is 21.3 Å². The van der Waals surface area contributed by atoms with Gasteiger partial charge in [-0.05, 0) is 42.9 Å². The average molecular weight is 546 g/mol. The Kier molecular flexibility index (Phi) is 9.66. The molecular formula is C30H35N5O5. The second-order valence-electron chi connectivity index (χ2n) is 10.2. The molecule has 2 bridgehead atoms. The second-order valence-corrected chi connectivity index (χ2v) is 10.2. The molecule has 1 aliphatic rings. The van der Waals surface area contributed by atoms with E-state index in [0.717, 1.165) is 5.56 Å². The first-order valence-corrected chi connectivity index (χ1v) is 13.6. The van der Waals surface area contributed by atoms with Gasteiger partial charge in [-0.1, -0.05) is 62.4 Å². The number of hydrogen-bond acceptors (Lipinski definition) is 6. The van der Waals surface area contributed by atoms with E-state index in [9.17, 15) is 19.2 Å². The molecule has 10 heteroatoms. The third-order valence-corrected chi connectivity index (χ3v) is 6.76. The zero-order valence-corrected chi connectivity index (χ0v) is 22.7. The van der Waals surface area contributed by atoms with Crippen LogP contribution in [0.4, 0.5) is 0 Å². The Morgan fingerprint density at radius 1 is 0.975 bits per heavy atom. The Hall–Kier alpha value is -4.47. The standard InChI is InChI=1S/C30H35N5O5/c1-19(2)25-29(39)33-23(17-20-11-5-3-6-12-20)30-34-24(18-40-30)27(37)31-16-10-9-15-22(28(38)35-25)32-26(36)21-13-7-4-8-14-21/h3-8,11-14,18-19,22-23,25H,9-10,15-17H2,1-2H3,(H,31,37)(H,32,36)(H,33,39)(H,35,38)/t22-,23+,25-/m0/s1. The number of nitrogens with zero attached hydrogens (tertiary/aromatic N) is 1. The van der Waals surface area contributed by atoms with Crippen LogP contribution in [-0.2, 0) is 16.0 Å². The zero-order valence-electron chi connectivity index (χ0n) is 22.7. The lowest BCUT2D eigenvalue weighted by atomic mass is 10.00. The number of fused-ring (bicyclic) bond motifs is 2. The van der Waals surface area contributed by atoms with Gasteiger partial charge < -0.3 is 25.7 Å². The maximum Gasteiger partial charge on any atom is 0.273 e. The van der Waals surface area contributed by atoms with Gasteiger partial charge in [-0.15, -0.1) is 0 Å². The first kappa shape index (κ1) is 28.5. The van der Waals surface area contributed by atoms with E-state index in [0.29, 0.717) is 37.8 Å². The smallest absolute Gasteiger partial charge is 0.273 e. The number of benzene rings is 2. The van der Waals surface area contributed by atoms with Gasteiger partial charge in [-0.25, -0.2) is 4.98 Å². The number of aromatic nitrogens is 1. The predicted molar refractivity (Wildman–Crippen MR) is 148 cm³/mol. The monoisotopic (exact) mass is 545 g/mol. The molecule has 1 aromatic heterocycles. The highest BCUT2D eigenvalue weighted by Crippen LogP contribution is 2.20. The number of amides is 4. The van der Waals surface area contributed by atoms with Crippen molar-refractivity contribution in [1.82, 2.24) is 26.3 Å². The lowest BCUT2D eigenvalue weighted by Gasteiger charge is -2.27. The molecule has 0 saturated heterocycles. The molecular weight excluding hydrogens is 510 g/mol. The predicted octanol–water partition coefficient (Wildman–Crippen LogP) is 2.93. The highest BCUT2D eigenvalue weighted by Gasteiger charge is 2.32. The molecule has 0 unspecified atom stereocenters. The van der Waals surface area contributed by atoms with Gasteiger partial charge in [0.05, 0.1) is 0 Å². The molecule has 0 aliphatic carbocycles. The molecule has 3 aromatic rings. The number of hydrogen-bond donors (Lipinski definition) is 4. The summed E-state index contributed by atoms with van der Waals surface area (Å²) in [7, 11) is 0. The van der Waals surface area contributed by atoms with Gasteiger partial charge in [0, 0.05) is 18.5 Å². The largest absolute Gasteiger partial charge is 0.446 e. The van der Waals surface area contributed by atoms with E-state index >= 15 is 0 Å². The highest BCUT2D eigenvalue weighted by molar-refractivity contribution is 5.98. The minimum atomic E-state index is -0.882. The molecule has 210 valence electrons. The summed E-state index contributed by atoms with van der Waals surface area (Å²) in [6, 6.07) is 15.7. The van der Waals surface area contributed by atoms with Crippen molar-refractivity contribution in [2.45, 2.75) is 57.7 Å². The van der Waals surface area contributed by atoms with Crippen LogP contribution in [0.3, 0.4) is 0 Å². The fourth-order valence-corrected chi connectivity index (χ4v) is 4.52. The highest BCUT2D eigenvalue weighted by atomic mass is 16.3. The molecule has 10 nitrogen and oxygen atoms in total. The van der Waals surface area contributed by atoms with Crippen molar-refractivity contribution in [3.05, 3.63) is 89.6 Å². The second kappa shape index (κ2) is 13.5. The summed E-state index contributed by atoms with van der Waals surface area (Å²) in [5.41, 5.74) is 1.48. The van der Waals surface area contributed by atoms with E-state index in [4.69, 9.17) is 4.42 Å². The van der Waals surface area contributed by atoms with E-state index < -0.39 is 35.8 Å². The molecule has 1 aliphatic heterocycles. The minimum Gasteiger partial charge on any atom is -0.446 e. The van der Waals surface area contributed by atoms with Crippen LogP contribution in [0.25, 0.3) is 0 Å². The molecule has 0 radical (unpaired) electrons. The van der Waals surface area contributed by atoms with Crippen molar-refractivity contribution < 1.29 is 23.6 Å². The Labute approximate surface area is 233 Å². The first-order valence-electron chi connectivity index (χ1n) is 13.6. The maximum atomic E-state index is 13.6. The molecule has 4 N–H and O–H groups in total. The van der Waals surface area contributed by atoms with Crippen LogP contribution in [0.15, 0.2) is 71.3 Å². The Morgan fingerprint density at radius 2 is 1.68 bits per heavy atom. The van der Waals surface area contributed by atoms with Gasteiger partial charge >= 0.3 is 0 Å². The molecule has 0 spiro atoms. The van der Waals surface area contributed by atoms with E-state index in [1.165, 1.54) is 6.26 Å². The summed E-state index contributed by atoms with van der Waals surface area (Å²) in [5.74, 6) is -1.71. The van der Waals surface area contributed by atoms with Gasteiger partial charge in [-0.3, -0.25) is 19.2 Å². The molecule has 4 rings (SSSR count). The molecule has 2 aromatic carbocycles. The van der Waals surface area contributed by atoms with E-state index in [1.54, 1.807) is 30.3 Å². The third kappa shape index (κ3) is 7.56. The van der Waals surface area contributed by atoms with Crippen LogP contribution >= 0.6 is 0 Å². The topological polar surface area (TPSA) is 142 Å². The van der Waals surface area contributed by atoms with Crippen LogP contribution in [0.1, 0.15) is 71.5 Å². The average Bonchev–Trinajstić information content (AvgIpc) is 3.45. The minimum absolute atomic E-state index is 0.121. The number of nitrogens with one attached hydrogen (secondary N) is 4. The van der Waals surface area contributed by atoms with Crippen LogP contribution in [0.5, 0.6) is 0 Å². The third-order valence-electron chi connectivity index (χ3n) is 6.76. The van der Waals surface area contributed by atoms with Gasteiger partial charge in [-0.2, -0.15) is 0 Å². The summed E-state index contributed by atoms with van der Waals surface area (Å²) in [6.07, 6.45) is 3.10. The zero-order chi connectivity index (χ0) is 28.5. The lowest BCUT2D eigenvalue weighted by Crippen LogP contribution is -2.56. The molecule has 0 fully saturated rings. The molecule has 4 amide bonds. The van der Waals surface area contributed by atoms with Gasteiger partial charge in [0.25, 0.3) is 11.8 Å². The molecule has 40 heavy (non-hydrogen) atoms. The van der Waals surface area contributed by atoms with Crippen molar-refractivity contribution in [2.75, 3.05) is 6.54 Å². The number of oxazole rings is 1. The van der Waals surface area contributed by atoms with Gasteiger partial charge in [0.1, 0.15) is 24.4 Å². The SMILES string of the molecule is CC(C)[C@@H]1NC(=O)[C@@H](NC(=O)c2ccccc2)CCCCNC(=O)c2coc(n2)[C@@H](Cc2ccccc2)NC1=O. The molecule has 2 heterocycles. The van der Waals surface area contributed by atoms with Gasteiger partial charge in [0.15, 0.2) is 5.69 Å². The maximum absolute atomic E-state index is 13.6. The summed E-state index contributed by atoms with van der Waals surface area (Å²) >= 11 is 0. The van der Waals surface area contributed by atoms with E-state index in [1.807, 2.05) is 44.2 Å². The summed E-state index contributed by atoms with van der Waals surface area (Å²) in [5, 5.41) is 11.5. The molecule has 3 atom stereocenters. The fourth-order valence-electron chi connectivity index (χ4n) is 4.52. The van der Waals surface area contributed by atoms with Crippen molar-refractivity contribution in [3.8, 4) is 0 Å². The Bertz CT molecular complexity index is 1310. The first-order chi connectivity index (χ1) is 19.3. The Morgan fingerprint density at radius 3 is 2.38 bits per heavy atom. The van der Waals surface area contributed by atoms with Crippen LogP contribution in [0, 0.1) is 5.92 Å². The normalized spacial score (nSPS) is 20.8. The van der Waals surface area contributed by atoms with Crippen molar-refractivity contribution in [1.29, 1.82) is 0 Å². The summed E-state index contributed by atoms with van der Waals surface area (Å²) < 4.78 is 5.64. The number of rotatable bonds is 5. The number of carbonyl (C=O) groups excluding carboxylic acids is 4. The number of carbonyl (C=O) groups is 4. The summed E-state index contributed by atoms with van der Waals surface area (Å²) in [6.45, 7) is 4.03. The van der Waals surface area contributed by atoms with Crippen molar-refractivity contribution in [2.24, 2.45) is 5.92 Å². The lowest BCUT2D eigenvalue weighted by molar-refractivity contribution is -0.131. The van der Waals surface area contributed by atoms with Crippen LogP contribution in [-0.4, -0.2) is 47.2 Å². The quantitative estimate of drug-likeness (QED) is 0.388. The summed E-state index contributed by atoms with van der Waals surface area (Å²) in [4.78, 5) is 56.9. The van der Waals surface area contributed by atoms with Gasteiger partial charge in [0.2, 0.25) is 17.7 Å². The fraction of sp³-hybridized carbons (Fsp3) is 0.367. The van der Waals surface area contributed by atoms with Crippen molar-refractivity contribution in [3.63, 3.8) is 0 Å². The van der Waals surface area contributed by atoms with E-state index in [2.05, 4.69) is 26.3 Å². The Balaban J connectivity index is 1.60. The van der Waals surface area contributed by atoms with Crippen LogP contribution in [0.2, 0.25) is 0 Å². The van der Waals surface area contributed by atoms with Crippen molar-refractivity contribution >= 4 is 23.6 Å².